The number of carboxylic acid groups (broad SMARTS) is 1. The van der Waals surface area contributed by atoms with Gasteiger partial charge in [-0.3, -0.25) is 4.90 Å². The molecule has 3 rings (SSSR count). The molecule has 2 aromatic carbocycles. The summed E-state index contributed by atoms with van der Waals surface area (Å²) in [6.45, 7) is 0.101. The first kappa shape index (κ1) is 19.6. The van der Waals surface area contributed by atoms with Gasteiger partial charge in [-0.15, -0.1) is 0 Å². The van der Waals surface area contributed by atoms with Gasteiger partial charge in [0.1, 0.15) is 11.9 Å². The number of rotatable bonds is 6. The minimum Gasteiger partial charge on any atom is -0.478 e. The van der Waals surface area contributed by atoms with E-state index >= 15 is 0 Å². The van der Waals surface area contributed by atoms with Crippen molar-refractivity contribution >= 4 is 17.6 Å². The van der Waals surface area contributed by atoms with Crippen LogP contribution < -0.4 is 4.90 Å². The number of methoxy groups -OCH3 is 1. The van der Waals surface area contributed by atoms with Crippen LogP contribution in [0.5, 0.6) is 0 Å². The molecule has 0 radical (unpaired) electrons. The Morgan fingerprint density at radius 2 is 1.68 bits per heavy atom. The van der Waals surface area contributed by atoms with Crippen molar-refractivity contribution in [1.82, 2.24) is 4.90 Å². The van der Waals surface area contributed by atoms with E-state index in [1.807, 2.05) is 53.4 Å². The molecule has 1 aliphatic heterocycles. The molecule has 0 aromatic heterocycles. The second-order valence-corrected chi connectivity index (χ2v) is 6.31. The molecule has 1 aliphatic rings. The quantitative estimate of drug-likeness (QED) is 0.739. The van der Waals surface area contributed by atoms with Crippen LogP contribution in [0.4, 0.5) is 5.69 Å². The number of anilines is 1. The van der Waals surface area contributed by atoms with Crippen LogP contribution in [0.25, 0.3) is 0 Å². The third-order valence-electron chi connectivity index (χ3n) is 4.63. The Hall–Kier alpha value is -3.16. The van der Waals surface area contributed by atoms with Gasteiger partial charge in [-0.2, -0.15) is 0 Å². The molecule has 7 heteroatoms. The van der Waals surface area contributed by atoms with E-state index in [0.29, 0.717) is 5.69 Å². The molecule has 146 valence electrons. The van der Waals surface area contributed by atoms with E-state index in [9.17, 15) is 19.8 Å². The van der Waals surface area contributed by atoms with E-state index in [1.54, 1.807) is 17.0 Å². The summed E-state index contributed by atoms with van der Waals surface area (Å²) in [5.41, 5.74) is 1.43. The molecule has 28 heavy (non-hydrogen) atoms. The van der Waals surface area contributed by atoms with Gasteiger partial charge >= 0.3 is 11.9 Å². The third kappa shape index (κ3) is 3.76. The average molecular weight is 382 g/mol. The first-order valence-corrected chi connectivity index (χ1v) is 8.87. The molecule has 0 aliphatic carbocycles. The normalized spacial score (nSPS) is 17.5. The maximum atomic E-state index is 12.7. The Morgan fingerprint density at radius 1 is 1.07 bits per heavy atom. The average Bonchev–Trinajstić information content (AvgIpc) is 2.73. The monoisotopic (exact) mass is 382 g/mol. The summed E-state index contributed by atoms with van der Waals surface area (Å²) >= 11 is 0. The number of carbonyl (C=O) groups is 2. The number of esters is 1. The predicted octanol–water partition coefficient (Wildman–Crippen LogP) is 2.01. The summed E-state index contributed by atoms with van der Waals surface area (Å²) in [5.74, 6) is -1.92. The van der Waals surface area contributed by atoms with Gasteiger partial charge in [0.2, 0.25) is 0 Å². The highest BCUT2D eigenvalue weighted by atomic mass is 16.5. The van der Waals surface area contributed by atoms with Gasteiger partial charge in [-0.25, -0.2) is 9.59 Å². The lowest BCUT2D eigenvalue weighted by atomic mass is 10.0. The minimum atomic E-state index is -1.20. The standard InChI is InChI=1S/C21H22N2O5/c1-28-21(27)18-17(20(25)26)14-22(12-13-24)19(15-8-4-2-5-9-15)23(18)16-10-6-3-7-11-16/h2-11,19,24H,12-14H2,1H3,(H,25,26). The second-order valence-electron chi connectivity index (χ2n) is 6.31. The van der Waals surface area contributed by atoms with Crippen LogP contribution in [-0.2, 0) is 14.3 Å². The number of β-amino-alcohol motifs (C(OH)–C–C–N with tert-alkyl or cyclic N) is 1. The highest BCUT2D eigenvalue weighted by Gasteiger charge is 2.41. The van der Waals surface area contributed by atoms with Crippen LogP contribution in [0.3, 0.4) is 0 Å². The van der Waals surface area contributed by atoms with Gasteiger partial charge in [0.15, 0.2) is 0 Å². The van der Waals surface area contributed by atoms with Gasteiger partial charge in [0, 0.05) is 18.8 Å². The Bertz CT molecular complexity index is 867. The van der Waals surface area contributed by atoms with Gasteiger partial charge < -0.3 is 19.8 Å². The molecule has 2 aromatic rings. The van der Waals surface area contributed by atoms with Crippen LogP contribution >= 0.6 is 0 Å². The molecule has 1 atom stereocenters. The zero-order valence-corrected chi connectivity index (χ0v) is 15.5. The van der Waals surface area contributed by atoms with E-state index in [-0.39, 0.29) is 31.0 Å². The van der Waals surface area contributed by atoms with Crippen molar-refractivity contribution in [3.05, 3.63) is 77.5 Å². The summed E-state index contributed by atoms with van der Waals surface area (Å²) in [6.07, 6.45) is -0.479. The van der Waals surface area contributed by atoms with E-state index < -0.39 is 18.1 Å². The van der Waals surface area contributed by atoms with Crippen LogP contribution in [0, 0.1) is 0 Å². The highest BCUT2D eigenvalue weighted by Crippen LogP contribution is 2.39. The fraction of sp³-hybridized carbons (Fsp3) is 0.238. The third-order valence-corrected chi connectivity index (χ3v) is 4.63. The van der Waals surface area contributed by atoms with E-state index in [2.05, 4.69) is 0 Å². The van der Waals surface area contributed by atoms with Crippen molar-refractivity contribution in [3.63, 3.8) is 0 Å². The molecule has 0 fully saturated rings. The number of aliphatic hydroxyl groups is 1. The summed E-state index contributed by atoms with van der Waals surface area (Å²) in [7, 11) is 1.23. The van der Waals surface area contributed by atoms with Gasteiger partial charge in [0.25, 0.3) is 0 Å². The topological polar surface area (TPSA) is 90.3 Å². The lowest BCUT2D eigenvalue weighted by molar-refractivity contribution is -0.139. The number of aliphatic hydroxyl groups excluding tert-OH is 1. The summed E-state index contributed by atoms with van der Waals surface area (Å²) in [5, 5.41) is 19.3. The Kier molecular flexibility index (Phi) is 6.08. The van der Waals surface area contributed by atoms with Crippen molar-refractivity contribution in [2.24, 2.45) is 0 Å². The van der Waals surface area contributed by atoms with E-state index in [0.717, 1.165) is 5.56 Å². The largest absolute Gasteiger partial charge is 0.478 e. The lowest BCUT2D eigenvalue weighted by Crippen LogP contribution is -2.50. The van der Waals surface area contributed by atoms with Gasteiger partial charge in [-0.05, 0) is 17.7 Å². The molecule has 0 spiro atoms. The van der Waals surface area contributed by atoms with Gasteiger partial charge in [-0.1, -0.05) is 48.5 Å². The first-order valence-electron chi connectivity index (χ1n) is 8.87. The first-order chi connectivity index (χ1) is 13.6. The molecular weight excluding hydrogens is 360 g/mol. The number of ether oxygens (including phenoxy) is 1. The molecule has 0 saturated heterocycles. The number of carboxylic acids is 1. The predicted molar refractivity (Wildman–Crippen MR) is 103 cm³/mol. The molecule has 7 nitrogen and oxygen atoms in total. The molecular formula is C21H22N2O5. The summed E-state index contributed by atoms with van der Waals surface area (Å²) in [6, 6.07) is 18.5. The Labute approximate surface area is 163 Å². The zero-order valence-electron chi connectivity index (χ0n) is 15.5. The van der Waals surface area contributed by atoms with Crippen molar-refractivity contribution in [2.45, 2.75) is 6.17 Å². The lowest BCUT2D eigenvalue weighted by Gasteiger charge is -2.45. The van der Waals surface area contributed by atoms with E-state index in [4.69, 9.17) is 4.74 Å². The highest BCUT2D eigenvalue weighted by molar-refractivity contribution is 6.03. The number of carbonyl (C=O) groups excluding carboxylic acids is 1. The van der Waals surface area contributed by atoms with Crippen molar-refractivity contribution in [2.75, 3.05) is 31.7 Å². The molecule has 0 amide bonds. The fourth-order valence-corrected chi connectivity index (χ4v) is 3.46. The number of para-hydroxylation sites is 1. The van der Waals surface area contributed by atoms with Crippen molar-refractivity contribution < 1.29 is 24.5 Å². The smallest absolute Gasteiger partial charge is 0.355 e. The van der Waals surface area contributed by atoms with Gasteiger partial charge in [0.05, 0.1) is 19.3 Å². The Balaban J connectivity index is 2.28. The van der Waals surface area contributed by atoms with E-state index in [1.165, 1.54) is 7.11 Å². The molecule has 1 unspecified atom stereocenters. The number of hydrogen-bond donors (Lipinski definition) is 2. The second kappa shape index (κ2) is 8.69. The number of hydrogen-bond acceptors (Lipinski definition) is 6. The zero-order chi connectivity index (χ0) is 20.1. The number of benzene rings is 2. The maximum absolute atomic E-state index is 12.7. The minimum absolute atomic E-state index is 0.00320. The molecule has 1 heterocycles. The number of nitrogens with zero attached hydrogens (tertiary/aromatic N) is 2. The van der Waals surface area contributed by atoms with Crippen LogP contribution in [0.1, 0.15) is 11.7 Å². The van der Waals surface area contributed by atoms with Crippen molar-refractivity contribution in [3.8, 4) is 0 Å². The SMILES string of the molecule is COC(=O)C1=C(C(=O)O)CN(CCO)C(c2ccccc2)N1c1ccccc1. The molecule has 2 N–H and O–H groups in total. The molecule has 0 saturated carbocycles. The van der Waals surface area contributed by atoms with Crippen LogP contribution in [0.2, 0.25) is 0 Å². The summed E-state index contributed by atoms with van der Waals surface area (Å²) in [4.78, 5) is 28.1. The fourth-order valence-electron chi connectivity index (χ4n) is 3.46. The van der Waals surface area contributed by atoms with Crippen LogP contribution in [0.15, 0.2) is 71.9 Å². The molecule has 0 bridgehead atoms. The van der Waals surface area contributed by atoms with Crippen LogP contribution in [-0.4, -0.2) is 53.9 Å². The number of aliphatic carboxylic acids is 1. The maximum Gasteiger partial charge on any atom is 0.355 e. The Morgan fingerprint density at radius 3 is 2.21 bits per heavy atom. The van der Waals surface area contributed by atoms with Crippen molar-refractivity contribution in [1.29, 1.82) is 0 Å². The summed E-state index contributed by atoms with van der Waals surface area (Å²) < 4.78 is 4.93.